The van der Waals surface area contributed by atoms with Crippen LogP contribution >= 0.6 is 0 Å². The summed E-state index contributed by atoms with van der Waals surface area (Å²) in [6, 6.07) is 1.06. The number of hydrogen-bond acceptors (Lipinski definition) is 3. The molecular formula is C14H24N4. The van der Waals surface area contributed by atoms with Crippen molar-refractivity contribution in [2.24, 2.45) is 5.92 Å². The third-order valence-electron chi connectivity index (χ3n) is 4.56. The number of piperidine rings is 1. The average molecular weight is 248 g/mol. The smallest absolute Gasteiger partial charge is 0.150 e. The lowest BCUT2D eigenvalue weighted by molar-refractivity contribution is 0.302. The van der Waals surface area contributed by atoms with Gasteiger partial charge in [0.15, 0.2) is 0 Å². The van der Waals surface area contributed by atoms with Crippen LogP contribution < -0.4 is 5.32 Å². The molecule has 1 aromatic rings. The van der Waals surface area contributed by atoms with Gasteiger partial charge in [-0.15, -0.1) is 10.2 Å². The molecule has 1 saturated heterocycles. The highest BCUT2D eigenvalue weighted by Crippen LogP contribution is 2.34. The van der Waals surface area contributed by atoms with Gasteiger partial charge in [0.25, 0.3) is 0 Å². The van der Waals surface area contributed by atoms with Crippen LogP contribution in [0.25, 0.3) is 0 Å². The maximum absolute atomic E-state index is 4.47. The summed E-state index contributed by atoms with van der Waals surface area (Å²) in [4.78, 5) is 0. The van der Waals surface area contributed by atoms with Crippen molar-refractivity contribution in [3.05, 3.63) is 11.6 Å². The molecule has 0 radical (unpaired) electrons. The van der Waals surface area contributed by atoms with E-state index in [4.69, 9.17) is 0 Å². The molecule has 2 heterocycles. The highest BCUT2D eigenvalue weighted by Gasteiger charge is 2.29. The minimum absolute atomic E-state index is 0.413. The van der Waals surface area contributed by atoms with Crippen LogP contribution in [0.1, 0.15) is 69.2 Å². The zero-order chi connectivity index (χ0) is 12.5. The Morgan fingerprint density at radius 2 is 1.94 bits per heavy atom. The van der Waals surface area contributed by atoms with Crippen LogP contribution in [0.15, 0.2) is 0 Å². The van der Waals surface area contributed by atoms with E-state index in [1.165, 1.54) is 44.3 Å². The highest BCUT2D eigenvalue weighted by molar-refractivity contribution is 5.05. The van der Waals surface area contributed by atoms with Gasteiger partial charge in [-0.2, -0.15) is 0 Å². The summed E-state index contributed by atoms with van der Waals surface area (Å²) in [6.45, 7) is 5.56. The molecule has 18 heavy (non-hydrogen) atoms. The Morgan fingerprint density at radius 1 is 1.17 bits per heavy atom. The molecule has 1 aliphatic carbocycles. The Bertz CT molecular complexity index is 406. The second kappa shape index (κ2) is 5.00. The van der Waals surface area contributed by atoms with Gasteiger partial charge in [0.05, 0.1) is 6.04 Å². The summed E-state index contributed by atoms with van der Waals surface area (Å²) >= 11 is 0. The van der Waals surface area contributed by atoms with Crippen molar-refractivity contribution in [2.75, 3.05) is 6.54 Å². The first-order chi connectivity index (χ1) is 8.75. The Morgan fingerprint density at radius 3 is 2.67 bits per heavy atom. The molecule has 1 aromatic heterocycles. The van der Waals surface area contributed by atoms with Crippen LogP contribution in [0, 0.1) is 12.8 Å². The van der Waals surface area contributed by atoms with Crippen molar-refractivity contribution in [3.63, 3.8) is 0 Å². The van der Waals surface area contributed by atoms with Crippen molar-refractivity contribution in [3.8, 4) is 0 Å². The maximum atomic E-state index is 4.47. The fourth-order valence-corrected chi connectivity index (χ4v) is 3.54. The molecule has 100 valence electrons. The normalized spacial score (nSPS) is 29.9. The number of rotatable bonds is 2. The third-order valence-corrected chi connectivity index (χ3v) is 4.56. The van der Waals surface area contributed by atoms with Crippen molar-refractivity contribution in [2.45, 2.75) is 64.5 Å². The van der Waals surface area contributed by atoms with E-state index in [9.17, 15) is 0 Å². The van der Waals surface area contributed by atoms with Crippen molar-refractivity contribution >= 4 is 0 Å². The van der Waals surface area contributed by atoms with Crippen LogP contribution in [0.5, 0.6) is 0 Å². The van der Waals surface area contributed by atoms with Crippen molar-refractivity contribution in [1.82, 2.24) is 20.1 Å². The monoisotopic (exact) mass is 248 g/mol. The van der Waals surface area contributed by atoms with Gasteiger partial charge < -0.3 is 9.88 Å². The summed E-state index contributed by atoms with van der Waals surface area (Å²) in [5, 5.41) is 12.4. The molecule has 2 unspecified atom stereocenters. The van der Waals surface area contributed by atoms with Gasteiger partial charge in [0.1, 0.15) is 11.6 Å². The van der Waals surface area contributed by atoms with Crippen molar-refractivity contribution < 1.29 is 0 Å². The first-order valence-corrected chi connectivity index (χ1v) is 7.40. The molecular weight excluding hydrogens is 224 g/mol. The summed E-state index contributed by atoms with van der Waals surface area (Å²) in [6.07, 6.45) is 7.80. The molecule has 3 rings (SSSR count). The predicted octanol–water partition coefficient (Wildman–Crippen LogP) is 2.76. The van der Waals surface area contributed by atoms with E-state index in [0.29, 0.717) is 12.1 Å². The predicted molar refractivity (Wildman–Crippen MR) is 71.4 cm³/mol. The Balaban J connectivity index is 1.86. The molecule has 1 saturated carbocycles. The average Bonchev–Trinajstić information content (AvgIpc) is 2.97. The molecule has 2 fully saturated rings. The number of aryl methyl sites for hydroxylation is 1. The van der Waals surface area contributed by atoms with E-state index in [1.807, 2.05) is 0 Å². The van der Waals surface area contributed by atoms with E-state index in [1.54, 1.807) is 0 Å². The molecule has 4 nitrogen and oxygen atoms in total. The summed E-state index contributed by atoms with van der Waals surface area (Å²) in [5.74, 6) is 3.08. The molecule has 4 heteroatoms. The molecule has 2 atom stereocenters. The molecule has 0 bridgehead atoms. The van der Waals surface area contributed by atoms with Crippen LogP contribution in [-0.2, 0) is 0 Å². The molecule has 0 amide bonds. The first kappa shape index (κ1) is 12.2. The van der Waals surface area contributed by atoms with Gasteiger partial charge in [-0.25, -0.2) is 0 Å². The van der Waals surface area contributed by atoms with Crippen LogP contribution in [0.4, 0.5) is 0 Å². The Hall–Kier alpha value is -0.900. The van der Waals surface area contributed by atoms with Gasteiger partial charge in [-0.1, -0.05) is 19.8 Å². The van der Waals surface area contributed by atoms with Gasteiger partial charge in [-0.05, 0) is 45.1 Å². The van der Waals surface area contributed by atoms with Crippen LogP contribution in [-0.4, -0.2) is 21.3 Å². The fraction of sp³-hybridized carbons (Fsp3) is 0.857. The van der Waals surface area contributed by atoms with E-state index in [-0.39, 0.29) is 0 Å². The number of aromatic nitrogens is 3. The van der Waals surface area contributed by atoms with Gasteiger partial charge in [0.2, 0.25) is 0 Å². The second-order valence-corrected chi connectivity index (χ2v) is 6.05. The van der Waals surface area contributed by atoms with Gasteiger partial charge >= 0.3 is 0 Å². The second-order valence-electron chi connectivity index (χ2n) is 6.05. The Labute approximate surface area is 109 Å². The summed E-state index contributed by atoms with van der Waals surface area (Å²) < 4.78 is 2.42. The van der Waals surface area contributed by atoms with Gasteiger partial charge in [-0.3, -0.25) is 0 Å². The van der Waals surface area contributed by atoms with Crippen LogP contribution in [0.2, 0.25) is 0 Å². The lowest BCUT2D eigenvalue weighted by Gasteiger charge is -2.29. The first-order valence-electron chi connectivity index (χ1n) is 7.40. The minimum atomic E-state index is 0.413. The van der Waals surface area contributed by atoms with Crippen molar-refractivity contribution in [1.29, 1.82) is 0 Å². The van der Waals surface area contributed by atoms with Gasteiger partial charge in [0, 0.05) is 6.04 Å². The maximum Gasteiger partial charge on any atom is 0.150 e. The van der Waals surface area contributed by atoms with Crippen LogP contribution in [0.3, 0.4) is 0 Å². The minimum Gasteiger partial charge on any atom is -0.311 e. The molecule has 2 aliphatic rings. The van der Waals surface area contributed by atoms with E-state index < -0.39 is 0 Å². The van der Waals surface area contributed by atoms with E-state index >= 15 is 0 Å². The van der Waals surface area contributed by atoms with E-state index in [0.717, 1.165) is 18.3 Å². The molecule has 1 aliphatic heterocycles. The molecule has 1 N–H and O–H groups in total. The fourth-order valence-electron chi connectivity index (χ4n) is 3.54. The topological polar surface area (TPSA) is 42.7 Å². The summed E-state index contributed by atoms with van der Waals surface area (Å²) in [5.41, 5.74) is 0. The largest absolute Gasteiger partial charge is 0.311 e. The number of nitrogens with zero attached hydrogens (tertiary/aromatic N) is 3. The summed E-state index contributed by atoms with van der Waals surface area (Å²) in [7, 11) is 0. The Kier molecular flexibility index (Phi) is 3.37. The number of hydrogen-bond donors (Lipinski definition) is 1. The SMILES string of the molecule is Cc1nnc(C2CC(C)CCN2)n1C1CCCC1. The third kappa shape index (κ3) is 2.18. The standard InChI is InChI=1S/C14H24N4/c1-10-7-8-15-13(9-10)14-17-16-11(2)18(14)12-5-3-4-6-12/h10,12-13,15H,3-9H2,1-2H3. The van der Waals surface area contributed by atoms with E-state index in [2.05, 4.69) is 33.9 Å². The zero-order valence-corrected chi connectivity index (χ0v) is 11.5. The molecule has 0 spiro atoms. The lowest BCUT2D eigenvalue weighted by atomic mass is 9.93. The number of nitrogens with one attached hydrogen (secondary N) is 1. The highest BCUT2D eigenvalue weighted by atomic mass is 15.3. The quantitative estimate of drug-likeness (QED) is 0.875. The lowest BCUT2D eigenvalue weighted by Crippen LogP contribution is -2.33. The molecule has 0 aromatic carbocycles. The zero-order valence-electron chi connectivity index (χ0n) is 11.5.